The summed E-state index contributed by atoms with van der Waals surface area (Å²) in [5.41, 5.74) is 3.14. The quantitative estimate of drug-likeness (QED) is 0.451. The summed E-state index contributed by atoms with van der Waals surface area (Å²) in [6.07, 6.45) is 8.30. The molecule has 0 N–H and O–H groups in total. The Morgan fingerprint density at radius 3 is 2.77 bits per heavy atom. The van der Waals surface area contributed by atoms with E-state index in [2.05, 4.69) is 22.1 Å². The molecular weight excluding hydrogens is 392 g/mol. The zero-order chi connectivity index (χ0) is 20.3. The maximum absolute atomic E-state index is 13.1. The molecule has 2 aromatic heterocycles. The van der Waals surface area contributed by atoms with Crippen LogP contribution < -0.4 is 0 Å². The zero-order valence-corrected chi connectivity index (χ0v) is 17.6. The molecule has 1 aliphatic rings. The number of thiazole rings is 1. The first-order valence-electron chi connectivity index (χ1n) is 10.5. The van der Waals surface area contributed by atoms with Gasteiger partial charge in [-0.15, -0.1) is 11.3 Å². The molecule has 3 heterocycles. The zero-order valence-electron chi connectivity index (χ0n) is 16.8. The second kappa shape index (κ2) is 8.40. The van der Waals surface area contributed by atoms with Gasteiger partial charge in [0.05, 0.1) is 28.1 Å². The van der Waals surface area contributed by atoms with Gasteiger partial charge in [0.15, 0.2) is 0 Å². The number of rotatable bonds is 5. The highest BCUT2D eigenvalue weighted by atomic mass is 32.1. The molecule has 6 heteroatoms. The largest absolute Gasteiger partial charge is 0.333 e. The summed E-state index contributed by atoms with van der Waals surface area (Å²) < 4.78 is 3.06. The molecule has 2 aromatic carbocycles. The molecule has 30 heavy (non-hydrogen) atoms. The Balaban J connectivity index is 1.28. The van der Waals surface area contributed by atoms with Crippen molar-refractivity contribution in [2.75, 3.05) is 6.54 Å². The lowest BCUT2D eigenvalue weighted by atomic mass is 10.0. The molecule has 0 spiro atoms. The molecule has 0 unspecified atom stereocenters. The number of amides is 1. The van der Waals surface area contributed by atoms with Crippen LogP contribution in [0.4, 0.5) is 0 Å². The SMILES string of the molecule is O=C(CCc1cnn(-c2ccccc2)c1)N1CCCC[C@@H]1c1nc2ccccc2s1. The van der Waals surface area contributed by atoms with Crippen LogP contribution in [0.25, 0.3) is 15.9 Å². The second-order valence-corrected chi connectivity index (χ2v) is 8.81. The number of benzene rings is 2. The third-order valence-electron chi connectivity index (χ3n) is 5.70. The minimum absolute atomic E-state index is 0.107. The van der Waals surface area contributed by atoms with E-state index >= 15 is 0 Å². The molecule has 1 fully saturated rings. The van der Waals surface area contributed by atoms with Gasteiger partial charge in [-0.1, -0.05) is 30.3 Å². The molecule has 0 saturated carbocycles. The first-order chi connectivity index (χ1) is 14.8. The van der Waals surface area contributed by atoms with Crippen molar-refractivity contribution in [3.8, 4) is 5.69 Å². The first kappa shape index (κ1) is 19.0. The maximum atomic E-state index is 13.1. The van der Waals surface area contributed by atoms with Gasteiger partial charge in [-0.25, -0.2) is 9.67 Å². The van der Waals surface area contributed by atoms with E-state index in [9.17, 15) is 4.79 Å². The number of aryl methyl sites for hydroxylation is 1. The van der Waals surface area contributed by atoms with Crippen molar-refractivity contribution < 1.29 is 4.79 Å². The van der Waals surface area contributed by atoms with Crippen LogP contribution in [0.1, 0.15) is 42.3 Å². The smallest absolute Gasteiger partial charge is 0.223 e. The number of hydrogen-bond donors (Lipinski definition) is 0. The second-order valence-electron chi connectivity index (χ2n) is 7.75. The summed E-state index contributed by atoms with van der Waals surface area (Å²) in [5.74, 6) is 0.214. The van der Waals surface area contributed by atoms with Crippen molar-refractivity contribution in [3.05, 3.63) is 77.6 Å². The topological polar surface area (TPSA) is 51.0 Å². The average Bonchev–Trinajstić information content (AvgIpc) is 3.45. The minimum Gasteiger partial charge on any atom is -0.333 e. The van der Waals surface area contributed by atoms with E-state index in [1.807, 2.05) is 59.5 Å². The van der Waals surface area contributed by atoms with Gasteiger partial charge in [0.1, 0.15) is 5.01 Å². The fourth-order valence-electron chi connectivity index (χ4n) is 4.13. The minimum atomic E-state index is 0.107. The molecule has 4 aromatic rings. The fourth-order valence-corrected chi connectivity index (χ4v) is 5.24. The Kier molecular flexibility index (Phi) is 5.32. The number of carbonyl (C=O) groups is 1. The van der Waals surface area contributed by atoms with Gasteiger partial charge in [-0.2, -0.15) is 5.10 Å². The first-order valence-corrected chi connectivity index (χ1v) is 11.3. The van der Waals surface area contributed by atoms with Gasteiger partial charge in [-0.05, 0) is 55.5 Å². The number of likely N-dealkylation sites (tertiary alicyclic amines) is 1. The van der Waals surface area contributed by atoms with Crippen LogP contribution in [0.15, 0.2) is 67.0 Å². The lowest BCUT2D eigenvalue weighted by molar-refractivity contribution is -0.135. The van der Waals surface area contributed by atoms with Crippen molar-refractivity contribution in [2.24, 2.45) is 0 Å². The van der Waals surface area contributed by atoms with E-state index in [4.69, 9.17) is 4.98 Å². The normalized spacial score (nSPS) is 16.8. The number of piperidine rings is 1. The number of fused-ring (bicyclic) bond motifs is 1. The van der Waals surface area contributed by atoms with Crippen LogP contribution in [-0.4, -0.2) is 32.1 Å². The van der Waals surface area contributed by atoms with E-state index in [0.29, 0.717) is 12.8 Å². The molecular formula is C24H24N4OS. The van der Waals surface area contributed by atoms with Crippen molar-refractivity contribution in [1.29, 1.82) is 0 Å². The van der Waals surface area contributed by atoms with Gasteiger partial charge in [0.2, 0.25) is 5.91 Å². The van der Waals surface area contributed by atoms with Crippen LogP contribution in [-0.2, 0) is 11.2 Å². The summed E-state index contributed by atoms with van der Waals surface area (Å²) in [6.45, 7) is 0.822. The van der Waals surface area contributed by atoms with Gasteiger partial charge in [0.25, 0.3) is 0 Å². The molecule has 0 aliphatic carbocycles. The van der Waals surface area contributed by atoms with E-state index in [-0.39, 0.29) is 11.9 Å². The number of carbonyl (C=O) groups excluding carboxylic acids is 1. The lowest BCUT2D eigenvalue weighted by Crippen LogP contribution is -2.38. The number of nitrogens with zero attached hydrogens (tertiary/aromatic N) is 4. The van der Waals surface area contributed by atoms with Crippen LogP contribution in [0, 0.1) is 0 Å². The maximum Gasteiger partial charge on any atom is 0.223 e. The third-order valence-corrected chi connectivity index (χ3v) is 6.84. The number of aromatic nitrogens is 3. The molecule has 5 nitrogen and oxygen atoms in total. The van der Waals surface area contributed by atoms with Gasteiger partial charge < -0.3 is 4.90 Å². The summed E-state index contributed by atoms with van der Waals surface area (Å²) in [7, 11) is 0. The van der Waals surface area contributed by atoms with Gasteiger partial charge in [0, 0.05) is 19.2 Å². The van der Waals surface area contributed by atoms with Crippen molar-refractivity contribution in [2.45, 2.75) is 38.1 Å². The standard InChI is InChI=1S/C24H24N4OS/c29-23(14-13-18-16-25-28(17-18)19-8-2-1-3-9-19)27-15-7-6-11-21(27)24-26-20-10-4-5-12-22(20)30-24/h1-5,8-10,12,16-17,21H,6-7,11,13-15H2/t21-/m1/s1. The van der Waals surface area contributed by atoms with Crippen molar-refractivity contribution in [1.82, 2.24) is 19.7 Å². The van der Waals surface area contributed by atoms with E-state index in [1.165, 1.54) is 4.70 Å². The lowest BCUT2D eigenvalue weighted by Gasteiger charge is -2.34. The van der Waals surface area contributed by atoms with Crippen molar-refractivity contribution >= 4 is 27.5 Å². The number of para-hydroxylation sites is 2. The van der Waals surface area contributed by atoms with E-state index < -0.39 is 0 Å². The Bertz CT molecular complexity index is 1120. The number of hydrogen-bond acceptors (Lipinski definition) is 4. The Morgan fingerprint density at radius 2 is 1.90 bits per heavy atom. The van der Waals surface area contributed by atoms with Gasteiger partial charge >= 0.3 is 0 Å². The van der Waals surface area contributed by atoms with Crippen molar-refractivity contribution in [3.63, 3.8) is 0 Å². The Hall–Kier alpha value is -2.99. The summed E-state index contributed by atoms with van der Waals surface area (Å²) in [4.78, 5) is 20.0. The predicted molar refractivity (Wildman–Crippen MR) is 120 cm³/mol. The fraction of sp³-hybridized carbons (Fsp3) is 0.292. The molecule has 0 bridgehead atoms. The molecule has 1 saturated heterocycles. The van der Waals surface area contributed by atoms with Crippen LogP contribution in [0.2, 0.25) is 0 Å². The molecule has 5 rings (SSSR count). The Labute approximate surface area is 180 Å². The molecule has 1 atom stereocenters. The molecule has 1 aliphatic heterocycles. The molecule has 0 radical (unpaired) electrons. The summed E-state index contributed by atoms with van der Waals surface area (Å²) in [6, 6.07) is 18.4. The monoisotopic (exact) mass is 416 g/mol. The van der Waals surface area contributed by atoms with E-state index in [0.717, 1.165) is 47.6 Å². The highest BCUT2D eigenvalue weighted by Gasteiger charge is 2.30. The summed E-state index contributed by atoms with van der Waals surface area (Å²) in [5, 5.41) is 5.52. The molecule has 1 amide bonds. The van der Waals surface area contributed by atoms with E-state index in [1.54, 1.807) is 11.3 Å². The van der Waals surface area contributed by atoms with Crippen LogP contribution >= 0.6 is 11.3 Å². The summed E-state index contributed by atoms with van der Waals surface area (Å²) >= 11 is 1.72. The third kappa shape index (κ3) is 3.87. The highest BCUT2D eigenvalue weighted by Crippen LogP contribution is 2.36. The van der Waals surface area contributed by atoms with Crippen LogP contribution in [0.5, 0.6) is 0 Å². The molecule has 152 valence electrons. The van der Waals surface area contributed by atoms with Gasteiger partial charge in [-0.3, -0.25) is 4.79 Å². The van der Waals surface area contributed by atoms with Crippen LogP contribution in [0.3, 0.4) is 0 Å². The average molecular weight is 417 g/mol. The predicted octanol–water partition coefficient (Wildman–Crippen LogP) is 5.17. The Morgan fingerprint density at radius 1 is 1.07 bits per heavy atom. The highest BCUT2D eigenvalue weighted by molar-refractivity contribution is 7.18.